The number of nitrogens with one attached hydrogen (secondary N) is 1. The Hall–Kier alpha value is -3.63. The molecule has 0 aromatic carbocycles. The van der Waals surface area contributed by atoms with Gasteiger partial charge in [-0.05, 0) is 155 Å². The summed E-state index contributed by atoms with van der Waals surface area (Å²) >= 11 is 0. The number of aliphatic hydroxyl groups is 9. The Bertz CT molecular complexity index is 2430. The van der Waals surface area contributed by atoms with Gasteiger partial charge < -0.3 is 75.3 Å². The van der Waals surface area contributed by atoms with Crippen molar-refractivity contribution in [3.8, 4) is 0 Å². The second-order valence-electron chi connectivity index (χ2n) is 27.9. The standard InChI is InChI=1S/C67H109N3O15/c1-41(2)15-12-18-45(6)50-24-25-51-48-22-21-46-38-47(26-30-65(46,9)52(48)27-31-66(50,51)10)83-56(75)28-33-70(55(74)37-43(4)17-13-16-42(3)20-23-49-44(5)19-14-29-64(49,7)8)36-35-69(11)34-32-68-62(80)58(77)57(76)60(53(73)39-71)85-63-59(78)61(79)67(81,82)54(40-72)84-63/h13,16-17,20-21,23,37,41,45,47-48,50-54,57-61,63,71-73,76-79,81-82H,12,14-15,18-19,22,24-36,38-40H2,1-11H3,(H,68,80)/b17-13+,23-20+,42-16-,43-37-/t45-,47?,48+,50-,51+,52+,53?,54?,57?,58?,59?,60?,61?,63+,65+,66-/m1/s1. The van der Waals surface area contributed by atoms with Gasteiger partial charge in [0.1, 0.15) is 42.7 Å². The molecule has 1 heterocycles. The maximum absolute atomic E-state index is 14.1. The van der Waals surface area contributed by atoms with E-state index in [-0.39, 0.29) is 61.4 Å². The van der Waals surface area contributed by atoms with Crippen LogP contribution in [0.4, 0.5) is 0 Å². The van der Waals surface area contributed by atoms with Crippen molar-refractivity contribution in [3.63, 3.8) is 0 Å². The molecule has 4 fully saturated rings. The lowest BCUT2D eigenvalue weighted by Crippen LogP contribution is -2.68. The van der Waals surface area contributed by atoms with Crippen molar-refractivity contribution in [2.45, 2.75) is 226 Å². The predicted molar refractivity (Wildman–Crippen MR) is 326 cm³/mol. The van der Waals surface area contributed by atoms with E-state index >= 15 is 0 Å². The SMILES string of the molecule is CC1=C(/C=C/C(C)=C\C=C\C(C)=C/C(=O)N(CCC(=O)OC2CC[C@@]3(C)C(=CC[C@H]4[C@@H]5CC[C@H]([C@H](C)CCCC(C)C)[C@@]5(C)CC[C@@H]43)C2)CCN(C)CCNC(=O)C(O)C(O)C(O[C@@H]2OC(CO)C(O)(O)C(O)C2O)C(O)CO)C(C)(C)CCC1. The van der Waals surface area contributed by atoms with Gasteiger partial charge in [-0.2, -0.15) is 0 Å². The van der Waals surface area contributed by atoms with Crippen molar-refractivity contribution in [2.75, 3.05) is 53.0 Å². The zero-order valence-corrected chi connectivity index (χ0v) is 53.1. The largest absolute Gasteiger partial charge is 0.462 e. The smallest absolute Gasteiger partial charge is 0.307 e. The monoisotopic (exact) mass is 1200 g/mol. The molecule has 1 aliphatic heterocycles. The van der Waals surface area contributed by atoms with E-state index in [9.17, 15) is 60.3 Å². The molecule has 10 N–H and O–H groups in total. The lowest BCUT2D eigenvalue weighted by atomic mass is 9.47. The molecule has 0 aromatic rings. The summed E-state index contributed by atoms with van der Waals surface area (Å²) in [5.41, 5.74) is 6.68. The summed E-state index contributed by atoms with van der Waals surface area (Å²) in [5, 5.41) is 95.0. The molecule has 18 nitrogen and oxygen atoms in total. The topological polar surface area (TPSA) is 279 Å². The maximum atomic E-state index is 14.1. The molecule has 2 amide bonds. The number of fused-ring (bicyclic) bond motifs is 5. The molecule has 6 aliphatic rings. The third kappa shape index (κ3) is 17.4. The summed E-state index contributed by atoms with van der Waals surface area (Å²) in [6, 6.07) is 0. The molecular weight excluding hydrogens is 1090 g/mol. The molecule has 3 saturated carbocycles. The summed E-state index contributed by atoms with van der Waals surface area (Å²) in [6.07, 6.45) is 13.3. The highest BCUT2D eigenvalue weighted by molar-refractivity contribution is 5.89. The minimum absolute atomic E-state index is 0.00195. The molecule has 0 aromatic heterocycles. The van der Waals surface area contributed by atoms with Gasteiger partial charge in [0.2, 0.25) is 11.7 Å². The molecular formula is C67H109N3O15. The van der Waals surface area contributed by atoms with Crippen LogP contribution in [-0.2, 0) is 28.6 Å². The number of carbonyl (C=O) groups excluding carboxylic acids is 3. The van der Waals surface area contributed by atoms with Crippen LogP contribution in [0.1, 0.15) is 166 Å². The number of carbonyl (C=O) groups is 3. The van der Waals surface area contributed by atoms with Crippen molar-refractivity contribution >= 4 is 17.8 Å². The second-order valence-corrected chi connectivity index (χ2v) is 27.9. The number of ether oxygens (including phenoxy) is 3. The Morgan fingerprint density at radius 2 is 1.62 bits per heavy atom. The van der Waals surface area contributed by atoms with E-state index in [1.54, 1.807) is 18.0 Å². The average Bonchev–Trinajstić information content (AvgIpc) is 1.75. The first kappa shape index (κ1) is 70.5. The second kappa shape index (κ2) is 30.7. The van der Waals surface area contributed by atoms with Crippen LogP contribution < -0.4 is 5.32 Å². The quantitative estimate of drug-likeness (QED) is 0.0135. The highest BCUT2D eigenvalue weighted by atomic mass is 16.7. The van der Waals surface area contributed by atoms with Crippen LogP contribution in [0.5, 0.6) is 0 Å². The zero-order chi connectivity index (χ0) is 62.8. The Kier molecular flexibility index (Phi) is 25.5. The minimum Gasteiger partial charge on any atom is -0.462 e. The number of aliphatic hydroxyl groups excluding tert-OH is 7. The van der Waals surface area contributed by atoms with E-state index in [1.807, 2.05) is 37.0 Å². The summed E-state index contributed by atoms with van der Waals surface area (Å²) < 4.78 is 16.8. The Balaban J connectivity index is 1.06. The van der Waals surface area contributed by atoms with Crippen molar-refractivity contribution in [1.29, 1.82) is 0 Å². The number of hydrogen-bond acceptors (Lipinski definition) is 16. The lowest BCUT2D eigenvalue weighted by Gasteiger charge is -2.58. The lowest BCUT2D eigenvalue weighted by molar-refractivity contribution is -0.396. The molecule has 0 bridgehead atoms. The zero-order valence-electron chi connectivity index (χ0n) is 53.1. The molecule has 8 unspecified atom stereocenters. The van der Waals surface area contributed by atoms with Gasteiger partial charge in [-0.1, -0.05) is 121 Å². The van der Waals surface area contributed by atoms with Crippen LogP contribution in [-0.4, -0.2) is 187 Å². The average molecular weight is 1200 g/mol. The van der Waals surface area contributed by atoms with Gasteiger partial charge in [0.25, 0.3) is 5.91 Å². The van der Waals surface area contributed by atoms with Crippen LogP contribution in [0, 0.1) is 51.8 Å². The number of amides is 2. The van der Waals surface area contributed by atoms with Gasteiger partial charge in [0.05, 0.1) is 19.6 Å². The van der Waals surface area contributed by atoms with E-state index in [2.05, 4.69) is 78.9 Å². The van der Waals surface area contributed by atoms with E-state index in [1.165, 1.54) is 68.1 Å². The highest BCUT2D eigenvalue weighted by Crippen LogP contribution is 2.67. The normalized spacial score (nSPS) is 32.4. The van der Waals surface area contributed by atoms with Crippen LogP contribution in [0.2, 0.25) is 0 Å². The van der Waals surface area contributed by atoms with E-state index < -0.39 is 73.9 Å². The molecule has 18 heteroatoms. The fraction of sp³-hybridized carbons (Fsp3) is 0.776. The van der Waals surface area contributed by atoms with Crippen LogP contribution in [0.25, 0.3) is 0 Å². The Morgan fingerprint density at radius 1 is 0.894 bits per heavy atom. The van der Waals surface area contributed by atoms with Gasteiger partial charge in [-0.25, -0.2) is 0 Å². The first-order valence-corrected chi connectivity index (χ1v) is 31.9. The fourth-order valence-electron chi connectivity index (χ4n) is 15.6. The molecule has 482 valence electrons. The van der Waals surface area contributed by atoms with Crippen molar-refractivity contribution in [3.05, 3.63) is 70.4 Å². The first-order chi connectivity index (χ1) is 40.0. The number of allylic oxidation sites excluding steroid dienone is 10. The van der Waals surface area contributed by atoms with Gasteiger partial charge in [-0.3, -0.25) is 14.4 Å². The number of likely N-dealkylation sites (N-methyl/N-ethyl adjacent to an activating group) is 1. The third-order valence-corrected chi connectivity index (χ3v) is 20.9. The fourth-order valence-corrected chi connectivity index (χ4v) is 15.6. The van der Waals surface area contributed by atoms with Crippen molar-refractivity contribution in [1.82, 2.24) is 15.1 Å². The van der Waals surface area contributed by atoms with Gasteiger partial charge in [0.15, 0.2) is 12.4 Å². The van der Waals surface area contributed by atoms with Crippen molar-refractivity contribution in [2.24, 2.45) is 51.8 Å². The molecule has 0 radical (unpaired) electrons. The number of rotatable bonds is 28. The molecule has 5 aliphatic carbocycles. The van der Waals surface area contributed by atoms with Crippen LogP contribution in [0.15, 0.2) is 70.4 Å². The molecule has 6 rings (SSSR count). The number of esters is 1. The van der Waals surface area contributed by atoms with Gasteiger partial charge in [0, 0.05) is 45.2 Å². The van der Waals surface area contributed by atoms with E-state index in [0.29, 0.717) is 23.8 Å². The third-order valence-electron chi connectivity index (χ3n) is 20.9. The molecule has 0 spiro atoms. The predicted octanol–water partition coefficient (Wildman–Crippen LogP) is 6.32. The van der Waals surface area contributed by atoms with Crippen molar-refractivity contribution < 1.29 is 74.6 Å². The summed E-state index contributed by atoms with van der Waals surface area (Å²) in [4.78, 5) is 44.5. The van der Waals surface area contributed by atoms with Crippen LogP contribution >= 0.6 is 0 Å². The summed E-state index contributed by atoms with van der Waals surface area (Å²) in [6.45, 7) is 21.7. The Labute approximate surface area is 507 Å². The molecule has 1 saturated heterocycles. The highest BCUT2D eigenvalue weighted by Gasteiger charge is 2.60. The van der Waals surface area contributed by atoms with E-state index in [0.717, 1.165) is 73.3 Å². The minimum atomic E-state index is -3.11. The van der Waals surface area contributed by atoms with E-state index in [4.69, 9.17) is 14.2 Å². The number of hydrogen-bond donors (Lipinski definition) is 10. The Morgan fingerprint density at radius 3 is 2.31 bits per heavy atom. The summed E-state index contributed by atoms with van der Waals surface area (Å²) in [7, 11) is 1.76. The molecule has 16 atom stereocenters. The first-order valence-electron chi connectivity index (χ1n) is 31.9. The summed E-state index contributed by atoms with van der Waals surface area (Å²) in [5.74, 6) is -0.421. The van der Waals surface area contributed by atoms with Crippen LogP contribution in [0.3, 0.4) is 0 Å². The number of nitrogens with zero attached hydrogens (tertiary/aromatic N) is 2. The molecule has 85 heavy (non-hydrogen) atoms. The van der Waals surface area contributed by atoms with Gasteiger partial charge in [-0.15, -0.1) is 0 Å². The van der Waals surface area contributed by atoms with Gasteiger partial charge >= 0.3 is 5.97 Å². The maximum Gasteiger partial charge on any atom is 0.307 e.